The van der Waals surface area contributed by atoms with Gasteiger partial charge in [-0.1, -0.05) is 6.07 Å². The van der Waals surface area contributed by atoms with Gasteiger partial charge in [0.2, 0.25) is 0 Å². The first-order valence-electron chi connectivity index (χ1n) is 7.44. The van der Waals surface area contributed by atoms with E-state index in [0.29, 0.717) is 11.2 Å². The number of nitrogens with zero attached hydrogens (tertiary/aromatic N) is 2. The molecule has 0 aromatic carbocycles. The third kappa shape index (κ3) is 4.17. The molecule has 22 heavy (non-hydrogen) atoms. The maximum atomic E-state index is 11.9. The van der Waals surface area contributed by atoms with Gasteiger partial charge in [0, 0.05) is 29.9 Å². The van der Waals surface area contributed by atoms with Gasteiger partial charge in [-0.25, -0.2) is 14.8 Å². The van der Waals surface area contributed by atoms with Gasteiger partial charge in [-0.15, -0.1) is 11.3 Å². The molecule has 1 fully saturated rings. The fourth-order valence-electron chi connectivity index (χ4n) is 2.64. The minimum absolute atomic E-state index is 0.170. The molecule has 6 nitrogen and oxygen atoms in total. The van der Waals surface area contributed by atoms with Crippen molar-refractivity contribution < 1.29 is 4.79 Å². The number of hydrogen-bond donors (Lipinski definition) is 3. The molecule has 1 aliphatic carbocycles. The minimum Gasteiger partial charge on any atom is -0.367 e. The maximum Gasteiger partial charge on any atom is 0.321 e. The number of pyridine rings is 1. The topological polar surface area (TPSA) is 78.9 Å². The molecule has 116 valence electrons. The summed E-state index contributed by atoms with van der Waals surface area (Å²) in [5, 5.41) is 11.7. The van der Waals surface area contributed by atoms with Crippen LogP contribution in [0.1, 0.15) is 25.7 Å². The normalized spacial score (nSPS) is 21.1. The number of thiazole rings is 1. The van der Waals surface area contributed by atoms with Crippen molar-refractivity contribution in [1.82, 2.24) is 15.3 Å². The second-order valence-electron chi connectivity index (χ2n) is 5.34. The first-order chi connectivity index (χ1) is 10.8. The Hall–Kier alpha value is -2.15. The fraction of sp³-hybridized carbons (Fsp3) is 0.400. The Morgan fingerprint density at radius 3 is 2.59 bits per heavy atom. The molecule has 0 unspecified atom stereocenters. The van der Waals surface area contributed by atoms with E-state index >= 15 is 0 Å². The Labute approximate surface area is 133 Å². The Morgan fingerprint density at radius 2 is 1.91 bits per heavy atom. The van der Waals surface area contributed by atoms with Crippen LogP contribution in [-0.4, -0.2) is 28.1 Å². The van der Waals surface area contributed by atoms with Gasteiger partial charge in [-0.2, -0.15) is 0 Å². The largest absolute Gasteiger partial charge is 0.367 e. The Balaban J connectivity index is 1.41. The molecule has 7 heteroatoms. The lowest BCUT2D eigenvalue weighted by Gasteiger charge is -2.29. The minimum atomic E-state index is -0.170. The average molecular weight is 317 g/mol. The van der Waals surface area contributed by atoms with Gasteiger partial charge in [0.1, 0.15) is 5.82 Å². The summed E-state index contributed by atoms with van der Waals surface area (Å²) in [6.45, 7) is 0. The number of aromatic nitrogens is 2. The average Bonchev–Trinajstić information content (AvgIpc) is 3.03. The zero-order chi connectivity index (χ0) is 15.2. The van der Waals surface area contributed by atoms with Crippen molar-refractivity contribution in [3.05, 3.63) is 36.0 Å². The van der Waals surface area contributed by atoms with Crippen LogP contribution in [0, 0.1) is 0 Å². The van der Waals surface area contributed by atoms with Crippen molar-refractivity contribution >= 4 is 28.3 Å². The maximum absolute atomic E-state index is 11.9. The molecule has 2 aromatic heterocycles. The summed E-state index contributed by atoms with van der Waals surface area (Å²) in [4.78, 5) is 20.2. The molecule has 3 N–H and O–H groups in total. The van der Waals surface area contributed by atoms with Crippen LogP contribution in [0.5, 0.6) is 0 Å². The van der Waals surface area contributed by atoms with Crippen molar-refractivity contribution in [3.8, 4) is 0 Å². The standard InChI is InChI=1S/C15H19N5OS/c21-14(20-15-17-9-10-22-15)19-12-6-4-11(5-7-12)18-13-3-1-2-8-16-13/h1-3,8-12H,4-7H2,(H,16,18)(H2,17,19,20,21). The zero-order valence-electron chi connectivity index (χ0n) is 12.2. The van der Waals surface area contributed by atoms with Crippen molar-refractivity contribution in [2.24, 2.45) is 0 Å². The van der Waals surface area contributed by atoms with Crippen LogP contribution in [0.15, 0.2) is 36.0 Å². The lowest BCUT2D eigenvalue weighted by atomic mass is 9.91. The Kier molecular flexibility index (Phi) is 4.85. The molecule has 1 saturated carbocycles. The molecule has 3 rings (SSSR count). The molecule has 2 heterocycles. The van der Waals surface area contributed by atoms with Crippen molar-refractivity contribution in [3.63, 3.8) is 0 Å². The van der Waals surface area contributed by atoms with Gasteiger partial charge in [0.25, 0.3) is 0 Å². The second-order valence-corrected chi connectivity index (χ2v) is 6.24. The highest BCUT2D eigenvalue weighted by Crippen LogP contribution is 2.21. The fourth-order valence-corrected chi connectivity index (χ4v) is 3.17. The molecule has 2 aromatic rings. The second kappa shape index (κ2) is 7.22. The van der Waals surface area contributed by atoms with Crippen LogP contribution in [0.2, 0.25) is 0 Å². The van der Waals surface area contributed by atoms with Crippen molar-refractivity contribution in [2.75, 3.05) is 10.6 Å². The quantitative estimate of drug-likeness (QED) is 0.809. The highest BCUT2D eigenvalue weighted by atomic mass is 32.1. The first kappa shape index (κ1) is 14.8. The highest BCUT2D eigenvalue weighted by Gasteiger charge is 2.22. The molecule has 0 saturated heterocycles. The van der Waals surface area contributed by atoms with E-state index in [-0.39, 0.29) is 12.1 Å². The van der Waals surface area contributed by atoms with Crippen LogP contribution in [-0.2, 0) is 0 Å². The van der Waals surface area contributed by atoms with Gasteiger partial charge in [0.05, 0.1) is 0 Å². The van der Waals surface area contributed by atoms with E-state index < -0.39 is 0 Å². The molecule has 1 aliphatic rings. The van der Waals surface area contributed by atoms with E-state index in [1.165, 1.54) is 11.3 Å². The summed E-state index contributed by atoms with van der Waals surface area (Å²) >= 11 is 1.41. The molecule has 0 radical (unpaired) electrons. The lowest BCUT2D eigenvalue weighted by molar-refractivity contribution is 0.243. The van der Waals surface area contributed by atoms with Gasteiger partial charge in [-0.05, 0) is 37.8 Å². The lowest BCUT2D eigenvalue weighted by Crippen LogP contribution is -2.42. The van der Waals surface area contributed by atoms with Crippen molar-refractivity contribution in [2.45, 2.75) is 37.8 Å². The smallest absolute Gasteiger partial charge is 0.321 e. The van der Waals surface area contributed by atoms with Crippen LogP contribution >= 0.6 is 11.3 Å². The SMILES string of the molecule is O=C(Nc1nccs1)NC1CCC(Nc2ccccn2)CC1. The van der Waals surface area contributed by atoms with Crippen LogP contribution in [0.3, 0.4) is 0 Å². The third-order valence-corrected chi connectivity index (χ3v) is 4.42. The van der Waals surface area contributed by atoms with Crippen LogP contribution < -0.4 is 16.0 Å². The first-order valence-corrected chi connectivity index (χ1v) is 8.32. The van der Waals surface area contributed by atoms with Crippen LogP contribution in [0.4, 0.5) is 15.7 Å². The van der Waals surface area contributed by atoms with E-state index in [1.54, 1.807) is 12.4 Å². The Morgan fingerprint density at radius 1 is 1.09 bits per heavy atom. The molecular formula is C15H19N5OS. The van der Waals surface area contributed by atoms with E-state index in [2.05, 4.69) is 25.9 Å². The number of urea groups is 1. The predicted octanol–water partition coefficient (Wildman–Crippen LogP) is 3.08. The Bertz CT molecular complexity index is 581. The van der Waals surface area contributed by atoms with Gasteiger partial charge < -0.3 is 10.6 Å². The monoisotopic (exact) mass is 317 g/mol. The molecule has 2 amide bonds. The number of amides is 2. The van der Waals surface area contributed by atoms with E-state index in [4.69, 9.17) is 0 Å². The molecule has 0 spiro atoms. The number of carbonyl (C=O) groups excluding carboxylic acids is 1. The molecule has 0 atom stereocenters. The van der Waals surface area contributed by atoms with E-state index in [0.717, 1.165) is 31.5 Å². The number of hydrogen-bond acceptors (Lipinski definition) is 5. The number of anilines is 2. The molecule has 0 bridgehead atoms. The van der Waals surface area contributed by atoms with E-state index in [1.807, 2.05) is 23.6 Å². The number of rotatable bonds is 4. The highest BCUT2D eigenvalue weighted by molar-refractivity contribution is 7.13. The summed E-state index contributed by atoms with van der Waals surface area (Å²) in [5.41, 5.74) is 0. The van der Waals surface area contributed by atoms with Gasteiger partial charge >= 0.3 is 6.03 Å². The third-order valence-electron chi connectivity index (χ3n) is 3.73. The summed E-state index contributed by atoms with van der Waals surface area (Å²) in [6.07, 6.45) is 7.45. The summed E-state index contributed by atoms with van der Waals surface area (Å²) in [5.74, 6) is 0.917. The number of carbonyl (C=O) groups is 1. The number of nitrogens with one attached hydrogen (secondary N) is 3. The van der Waals surface area contributed by atoms with Crippen molar-refractivity contribution in [1.29, 1.82) is 0 Å². The molecular weight excluding hydrogens is 298 g/mol. The summed E-state index contributed by atoms with van der Waals surface area (Å²) < 4.78 is 0. The van der Waals surface area contributed by atoms with E-state index in [9.17, 15) is 4.79 Å². The summed E-state index contributed by atoms with van der Waals surface area (Å²) in [7, 11) is 0. The van der Waals surface area contributed by atoms with Crippen LogP contribution in [0.25, 0.3) is 0 Å². The zero-order valence-corrected chi connectivity index (χ0v) is 13.0. The van der Waals surface area contributed by atoms with Gasteiger partial charge in [-0.3, -0.25) is 5.32 Å². The predicted molar refractivity (Wildman–Crippen MR) is 88.2 cm³/mol. The van der Waals surface area contributed by atoms with Gasteiger partial charge in [0.15, 0.2) is 5.13 Å². The summed E-state index contributed by atoms with van der Waals surface area (Å²) in [6, 6.07) is 6.34. The molecule has 0 aliphatic heterocycles.